The monoisotopic (exact) mass is 170 g/mol. The number of amides is 1. The molecule has 0 aliphatic rings. The summed E-state index contributed by atoms with van der Waals surface area (Å²) in [6.07, 6.45) is -0.714. The van der Waals surface area contributed by atoms with Gasteiger partial charge in [-0.15, -0.1) is 0 Å². The van der Waals surface area contributed by atoms with E-state index >= 15 is 0 Å². The zero-order valence-electron chi connectivity index (χ0n) is 4.52. The Labute approximate surface area is 61.7 Å². The summed E-state index contributed by atoms with van der Waals surface area (Å²) in [5.41, 5.74) is 0. The SMILES string of the molecule is CNC(=O)ON=C(Cl)Cl. The summed E-state index contributed by atoms with van der Waals surface area (Å²) < 4.78 is -0.349. The summed E-state index contributed by atoms with van der Waals surface area (Å²) in [5, 5.41) is 5.07. The number of nitrogens with one attached hydrogen (secondary N) is 1. The van der Waals surface area contributed by atoms with Gasteiger partial charge in [0.2, 0.25) is 4.63 Å². The van der Waals surface area contributed by atoms with Gasteiger partial charge >= 0.3 is 6.09 Å². The van der Waals surface area contributed by atoms with Gasteiger partial charge in [-0.2, -0.15) is 0 Å². The van der Waals surface area contributed by atoms with Crippen LogP contribution >= 0.6 is 23.2 Å². The molecule has 0 bridgehead atoms. The van der Waals surface area contributed by atoms with E-state index in [4.69, 9.17) is 23.2 Å². The Balaban J connectivity index is 3.50. The molecular formula is C3H4Cl2N2O2. The molecule has 1 N–H and O–H groups in total. The lowest BCUT2D eigenvalue weighted by molar-refractivity contribution is 0.154. The Kier molecular flexibility index (Phi) is 4.17. The molecule has 6 heteroatoms. The number of oxime groups is 1. The van der Waals surface area contributed by atoms with Crippen LogP contribution in [0.1, 0.15) is 0 Å². The van der Waals surface area contributed by atoms with Gasteiger partial charge in [-0.1, -0.05) is 0 Å². The first kappa shape index (κ1) is 8.52. The van der Waals surface area contributed by atoms with E-state index < -0.39 is 6.09 Å². The minimum Gasteiger partial charge on any atom is -0.323 e. The van der Waals surface area contributed by atoms with Crippen LogP contribution in [0.2, 0.25) is 0 Å². The molecule has 0 aromatic rings. The number of carbonyl (C=O) groups is 1. The summed E-state index contributed by atoms with van der Waals surface area (Å²) in [6, 6.07) is 0. The first-order valence-electron chi connectivity index (χ1n) is 1.94. The van der Waals surface area contributed by atoms with E-state index in [0.717, 1.165) is 0 Å². The highest BCUT2D eigenvalue weighted by Gasteiger charge is 1.94. The average molecular weight is 171 g/mol. The van der Waals surface area contributed by atoms with Gasteiger partial charge in [0.15, 0.2) is 0 Å². The van der Waals surface area contributed by atoms with Crippen molar-refractivity contribution in [3.63, 3.8) is 0 Å². The highest BCUT2D eigenvalue weighted by atomic mass is 35.5. The maximum absolute atomic E-state index is 10.2. The second-order valence-electron chi connectivity index (χ2n) is 0.960. The second kappa shape index (κ2) is 4.40. The standard InChI is InChI=1S/C3H4Cl2N2O2/c1-6-3(8)9-7-2(4)5/h1H3,(H,6,8). The quantitative estimate of drug-likeness (QED) is 0.364. The fraction of sp³-hybridized carbons (Fsp3) is 0.333. The average Bonchev–Trinajstić information content (AvgIpc) is 1.83. The van der Waals surface area contributed by atoms with Gasteiger partial charge in [0.1, 0.15) is 0 Å². The van der Waals surface area contributed by atoms with Crippen LogP contribution in [0.15, 0.2) is 5.16 Å². The van der Waals surface area contributed by atoms with E-state index in [1.165, 1.54) is 7.05 Å². The van der Waals surface area contributed by atoms with Crippen molar-refractivity contribution in [2.75, 3.05) is 7.05 Å². The summed E-state index contributed by atoms with van der Waals surface area (Å²) in [5.74, 6) is 0. The molecule has 0 aromatic carbocycles. The Morgan fingerprint density at radius 1 is 1.67 bits per heavy atom. The van der Waals surface area contributed by atoms with Crippen molar-refractivity contribution in [2.45, 2.75) is 0 Å². The fourth-order valence-electron chi connectivity index (χ4n) is 0.122. The van der Waals surface area contributed by atoms with Crippen molar-refractivity contribution in [1.29, 1.82) is 0 Å². The molecule has 0 heterocycles. The normalized spacial score (nSPS) is 7.89. The van der Waals surface area contributed by atoms with Crippen molar-refractivity contribution >= 4 is 33.9 Å². The van der Waals surface area contributed by atoms with Crippen LogP contribution in [0, 0.1) is 0 Å². The Morgan fingerprint density at radius 2 is 2.22 bits per heavy atom. The predicted octanol–water partition coefficient (Wildman–Crippen LogP) is 1.09. The smallest absolute Gasteiger partial charge is 0.323 e. The maximum Gasteiger partial charge on any atom is 0.433 e. The fourth-order valence-corrected chi connectivity index (χ4v) is 0.191. The molecule has 0 spiro atoms. The van der Waals surface area contributed by atoms with E-state index in [-0.39, 0.29) is 4.63 Å². The van der Waals surface area contributed by atoms with Crippen LogP contribution in [-0.2, 0) is 4.84 Å². The lowest BCUT2D eigenvalue weighted by atomic mass is 11.1. The van der Waals surface area contributed by atoms with Gasteiger partial charge in [0, 0.05) is 7.05 Å². The molecule has 0 aliphatic carbocycles. The van der Waals surface area contributed by atoms with Crippen molar-refractivity contribution in [3.8, 4) is 0 Å². The number of nitrogens with zero attached hydrogens (tertiary/aromatic N) is 1. The molecule has 0 rings (SSSR count). The lowest BCUT2D eigenvalue weighted by Gasteiger charge is -1.91. The Morgan fingerprint density at radius 3 is 2.56 bits per heavy atom. The third kappa shape index (κ3) is 5.39. The lowest BCUT2D eigenvalue weighted by Crippen LogP contribution is -2.16. The molecule has 4 nitrogen and oxygen atoms in total. The van der Waals surface area contributed by atoms with Crippen LogP contribution in [-0.4, -0.2) is 17.8 Å². The van der Waals surface area contributed by atoms with Crippen LogP contribution < -0.4 is 5.32 Å². The summed E-state index contributed by atoms with van der Waals surface area (Å²) in [6.45, 7) is 0. The van der Waals surface area contributed by atoms with Crippen molar-refractivity contribution in [1.82, 2.24) is 5.32 Å². The first-order chi connectivity index (χ1) is 4.16. The first-order valence-corrected chi connectivity index (χ1v) is 2.70. The van der Waals surface area contributed by atoms with E-state index in [0.29, 0.717) is 0 Å². The van der Waals surface area contributed by atoms with Gasteiger partial charge in [-0.25, -0.2) is 4.79 Å². The maximum atomic E-state index is 10.2. The van der Waals surface area contributed by atoms with Crippen LogP contribution in [0.4, 0.5) is 4.79 Å². The van der Waals surface area contributed by atoms with E-state index in [1.54, 1.807) is 0 Å². The van der Waals surface area contributed by atoms with Gasteiger partial charge in [-0.3, -0.25) is 4.84 Å². The van der Waals surface area contributed by atoms with Crippen LogP contribution in [0.25, 0.3) is 0 Å². The molecule has 0 aliphatic heterocycles. The van der Waals surface area contributed by atoms with Crippen molar-refractivity contribution in [2.24, 2.45) is 5.16 Å². The van der Waals surface area contributed by atoms with Crippen LogP contribution in [0.5, 0.6) is 0 Å². The number of hydrogen-bond donors (Lipinski definition) is 1. The molecular weight excluding hydrogens is 167 g/mol. The molecule has 9 heavy (non-hydrogen) atoms. The third-order valence-electron chi connectivity index (χ3n) is 0.402. The molecule has 0 atom stereocenters. The van der Waals surface area contributed by atoms with Crippen molar-refractivity contribution in [3.05, 3.63) is 0 Å². The predicted molar refractivity (Wildman–Crippen MR) is 34.7 cm³/mol. The van der Waals surface area contributed by atoms with Gasteiger partial charge in [0.25, 0.3) is 0 Å². The third-order valence-corrected chi connectivity index (χ3v) is 0.540. The van der Waals surface area contributed by atoms with Gasteiger partial charge in [0.05, 0.1) is 0 Å². The minimum absolute atomic E-state index is 0.349. The highest BCUT2D eigenvalue weighted by Crippen LogP contribution is 1.91. The van der Waals surface area contributed by atoms with E-state index in [1.807, 2.05) is 0 Å². The van der Waals surface area contributed by atoms with Gasteiger partial charge in [-0.05, 0) is 28.4 Å². The molecule has 0 saturated heterocycles. The Hall–Kier alpha value is -0.480. The summed E-state index contributed by atoms with van der Waals surface area (Å²) in [7, 11) is 1.39. The van der Waals surface area contributed by atoms with Crippen molar-refractivity contribution < 1.29 is 9.63 Å². The molecule has 0 aromatic heterocycles. The number of rotatable bonds is 1. The zero-order chi connectivity index (χ0) is 7.28. The molecule has 0 saturated carbocycles. The minimum atomic E-state index is -0.714. The number of hydrogen-bond acceptors (Lipinski definition) is 3. The number of carbonyl (C=O) groups excluding carboxylic acids is 1. The summed E-state index contributed by atoms with van der Waals surface area (Å²) in [4.78, 5) is 14.2. The van der Waals surface area contributed by atoms with E-state index in [9.17, 15) is 4.79 Å². The highest BCUT2D eigenvalue weighted by molar-refractivity contribution is 6.95. The zero-order valence-corrected chi connectivity index (χ0v) is 6.03. The molecule has 0 unspecified atom stereocenters. The van der Waals surface area contributed by atoms with Gasteiger partial charge < -0.3 is 5.32 Å². The largest absolute Gasteiger partial charge is 0.433 e. The second-order valence-corrected chi connectivity index (χ2v) is 1.87. The topological polar surface area (TPSA) is 50.7 Å². The van der Waals surface area contributed by atoms with E-state index in [2.05, 4.69) is 15.3 Å². The molecule has 0 radical (unpaired) electrons. The molecule has 52 valence electrons. The van der Waals surface area contributed by atoms with Crippen LogP contribution in [0.3, 0.4) is 0 Å². The molecule has 1 amide bonds. The molecule has 0 fully saturated rings. The number of halogens is 2. The summed E-state index contributed by atoms with van der Waals surface area (Å²) >= 11 is 9.98. The Bertz CT molecular complexity index is 132.